The van der Waals surface area contributed by atoms with Gasteiger partial charge in [0.2, 0.25) is 11.8 Å². The van der Waals surface area contributed by atoms with Gasteiger partial charge in [0.25, 0.3) is 0 Å². The van der Waals surface area contributed by atoms with Gasteiger partial charge in [-0.25, -0.2) is 4.79 Å². The average molecular weight is 468 g/mol. The lowest BCUT2D eigenvalue weighted by Crippen LogP contribution is -2.52. The van der Waals surface area contributed by atoms with Gasteiger partial charge in [-0.05, 0) is 38.3 Å². The second-order valence-electron chi connectivity index (χ2n) is 9.30. The molecule has 0 aliphatic rings. The molecular formula is C27H37N3O4. The van der Waals surface area contributed by atoms with Crippen LogP contribution in [0, 0.1) is 0 Å². The van der Waals surface area contributed by atoms with Crippen LogP contribution in [0.15, 0.2) is 60.7 Å². The number of carbonyl (C=O) groups is 3. The van der Waals surface area contributed by atoms with E-state index in [-0.39, 0.29) is 18.2 Å². The van der Waals surface area contributed by atoms with Gasteiger partial charge >= 0.3 is 6.09 Å². The molecular weight excluding hydrogens is 430 g/mol. The summed E-state index contributed by atoms with van der Waals surface area (Å²) in [5.41, 5.74) is 0.874. The third-order valence-electron chi connectivity index (χ3n) is 5.20. The van der Waals surface area contributed by atoms with Crippen molar-refractivity contribution < 1.29 is 19.1 Å². The zero-order chi connectivity index (χ0) is 25.1. The molecule has 0 heterocycles. The molecule has 2 rings (SSSR count). The fourth-order valence-corrected chi connectivity index (χ4v) is 3.54. The van der Waals surface area contributed by atoms with Crippen LogP contribution in [0.2, 0.25) is 0 Å². The van der Waals surface area contributed by atoms with E-state index < -0.39 is 23.8 Å². The monoisotopic (exact) mass is 467 g/mol. The average Bonchev–Trinajstić information content (AvgIpc) is 2.78. The summed E-state index contributed by atoms with van der Waals surface area (Å²) in [6.45, 7) is 7.87. The number of unbranched alkanes of at least 4 members (excludes halogenated alkanes) is 1. The first kappa shape index (κ1) is 26.9. The summed E-state index contributed by atoms with van der Waals surface area (Å²) in [7, 11) is 1.59. The number of carbonyl (C=O) groups excluding carboxylic acids is 3. The topological polar surface area (TPSA) is 87.7 Å². The molecule has 0 aliphatic carbocycles. The van der Waals surface area contributed by atoms with Crippen molar-refractivity contribution in [2.24, 2.45) is 0 Å². The van der Waals surface area contributed by atoms with Crippen LogP contribution in [0.25, 0.3) is 0 Å². The van der Waals surface area contributed by atoms with Crippen LogP contribution in [0.4, 0.5) is 4.79 Å². The van der Waals surface area contributed by atoms with Crippen LogP contribution in [-0.2, 0) is 20.7 Å². The maximum absolute atomic E-state index is 13.7. The molecule has 2 aromatic rings. The smallest absolute Gasteiger partial charge is 0.408 e. The summed E-state index contributed by atoms with van der Waals surface area (Å²) in [6, 6.07) is 16.9. The van der Waals surface area contributed by atoms with Gasteiger partial charge in [0.1, 0.15) is 17.7 Å². The van der Waals surface area contributed by atoms with Gasteiger partial charge in [-0.15, -0.1) is 0 Å². The highest BCUT2D eigenvalue weighted by Crippen LogP contribution is 2.21. The number of nitrogens with zero attached hydrogens (tertiary/aromatic N) is 1. The van der Waals surface area contributed by atoms with Gasteiger partial charge in [-0.2, -0.15) is 0 Å². The van der Waals surface area contributed by atoms with Crippen molar-refractivity contribution in [1.82, 2.24) is 15.5 Å². The molecule has 0 aromatic heterocycles. The zero-order valence-electron chi connectivity index (χ0n) is 20.8. The van der Waals surface area contributed by atoms with Crippen LogP contribution < -0.4 is 10.6 Å². The lowest BCUT2D eigenvalue weighted by atomic mass is 10.0. The molecule has 0 spiro atoms. The quantitative estimate of drug-likeness (QED) is 0.512. The summed E-state index contributed by atoms with van der Waals surface area (Å²) in [6.07, 6.45) is 1.38. The number of alkyl carbamates (subject to hydrolysis) is 1. The van der Waals surface area contributed by atoms with Crippen molar-refractivity contribution in [3.8, 4) is 0 Å². The Balaban J connectivity index is 2.32. The second kappa shape index (κ2) is 12.8. The van der Waals surface area contributed by atoms with E-state index in [1.165, 1.54) is 4.90 Å². The zero-order valence-corrected chi connectivity index (χ0v) is 20.8. The Morgan fingerprint density at radius 2 is 1.56 bits per heavy atom. The third-order valence-corrected chi connectivity index (χ3v) is 5.20. The predicted molar refractivity (Wildman–Crippen MR) is 133 cm³/mol. The largest absolute Gasteiger partial charge is 0.444 e. The normalized spacial score (nSPS) is 12.9. The van der Waals surface area contributed by atoms with Gasteiger partial charge in [-0.3, -0.25) is 9.59 Å². The van der Waals surface area contributed by atoms with Crippen molar-refractivity contribution in [1.29, 1.82) is 0 Å². The van der Waals surface area contributed by atoms with Crippen LogP contribution in [0.1, 0.15) is 57.7 Å². The van der Waals surface area contributed by atoms with E-state index in [4.69, 9.17) is 4.74 Å². The van der Waals surface area contributed by atoms with E-state index in [1.807, 2.05) is 67.6 Å². The molecule has 0 radical (unpaired) electrons. The number of amides is 3. The molecule has 7 heteroatoms. The maximum Gasteiger partial charge on any atom is 0.408 e. The van der Waals surface area contributed by atoms with E-state index in [0.717, 1.165) is 18.4 Å². The van der Waals surface area contributed by atoms with Gasteiger partial charge in [0, 0.05) is 20.0 Å². The van der Waals surface area contributed by atoms with Crippen molar-refractivity contribution in [3.63, 3.8) is 0 Å². The fourth-order valence-electron chi connectivity index (χ4n) is 3.54. The molecule has 2 atom stereocenters. The van der Waals surface area contributed by atoms with Crippen molar-refractivity contribution in [2.45, 2.75) is 64.6 Å². The summed E-state index contributed by atoms with van der Waals surface area (Å²) in [5, 5.41) is 5.65. The Hall–Kier alpha value is -3.35. The Morgan fingerprint density at radius 3 is 2.12 bits per heavy atom. The first-order chi connectivity index (χ1) is 16.1. The summed E-state index contributed by atoms with van der Waals surface area (Å²) in [5.74, 6) is -0.638. The highest BCUT2D eigenvalue weighted by Gasteiger charge is 2.34. The van der Waals surface area contributed by atoms with Crippen molar-refractivity contribution >= 4 is 17.9 Å². The minimum atomic E-state index is -0.906. The Labute approximate surface area is 202 Å². The molecule has 34 heavy (non-hydrogen) atoms. The van der Waals surface area contributed by atoms with Gasteiger partial charge in [0.15, 0.2) is 0 Å². The van der Waals surface area contributed by atoms with Gasteiger partial charge < -0.3 is 20.3 Å². The molecule has 2 aromatic carbocycles. The maximum atomic E-state index is 13.7. The van der Waals surface area contributed by atoms with Crippen LogP contribution >= 0.6 is 0 Å². The molecule has 0 saturated heterocycles. The first-order valence-electron chi connectivity index (χ1n) is 11.7. The number of nitrogens with one attached hydrogen (secondary N) is 2. The van der Waals surface area contributed by atoms with Gasteiger partial charge in [-0.1, -0.05) is 74.0 Å². The van der Waals surface area contributed by atoms with Crippen molar-refractivity contribution in [3.05, 3.63) is 71.8 Å². The number of rotatable bonds is 10. The molecule has 2 unspecified atom stereocenters. The van der Waals surface area contributed by atoms with Crippen LogP contribution in [0.3, 0.4) is 0 Å². The van der Waals surface area contributed by atoms with E-state index >= 15 is 0 Å². The van der Waals surface area contributed by atoms with Gasteiger partial charge in [0.05, 0.1) is 0 Å². The third kappa shape index (κ3) is 8.54. The van der Waals surface area contributed by atoms with Crippen LogP contribution in [-0.4, -0.2) is 48.0 Å². The Morgan fingerprint density at radius 1 is 0.971 bits per heavy atom. The SMILES string of the molecule is CCCCNC(=O)C(c1ccccc1)N(C)C(=O)C(Cc1ccccc1)NC(=O)OC(C)(C)C. The number of benzene rings is 2. The van der Waals surface area contributed by atoms with E-state index in [9.17, 15) is 14.4 Å². The molecule has 0 saturated carbocycles. The molecule has 7 nitrogen and oxygen atoms in total. The molecule has 0 bridgehead atoms. The minimum absolute atomic E-state index is 0.258. The number of ether oxygens (including phenoxy) is 1. The second-order valence-corrected chi connectivity index (χ2v) is 9.30. The molecule has 0 aliphatic heterocycles. The molecule has 2 N–H and O–H groups in total. The summed E-state index contributed by atoms with van der Waals surface area (Å²) < 4.78 is 5.39. The first-order valence-corrected chi connectivity index (χ1v) is 11.7. The number of hydrogen-bond acceptors (Lipinski definition) is 4. The minimum Gasteiger partial charge on any atom is -0.444 e. The highest BCUT2D eigenvalue weighted by molar-refractivity contribution is 5.92. The lowest BCUT2D eigenvalue weighted by molar-refractivity contribution is -0.140. The standard InChI is InChI=1S/C27H37N3O4/c1-6-7-18-28-24(31)23(21-16-12-9-13-17-21)30(5)25(32)22(19-20-14-10-8-11-15-20)29-26(33)34-27(2,3)4/h8-17,22-23H,6-7,18-19H2,1-5H3,(H,28,31)(H,29,33). The summed E-state index contributed by atoms with van der Waals surface area (Å²) in [4.78, 5) is 40.8. The Bertz CT molecular complexity index is 926. The lowest BCUT2D eigenvalue weighted by Gasteiger charge is -2.31. The van der Waals surface area contributed by atoms with Crippen molar-refractivity contribution in [2.75, 3.05) is 13.6 Å². The van der Waals surface area contributed by atoms with E-state index in [2.05, 4.69) is 10.6 Å². The fraction of sp³-hybridized carbons (Fsp3) is 0.444. The highest BCUT2D eigenvalue weighted by atomic mass is 16.6. The molecule has 184 valence electrons. The number of likely N-dealkylation sites (N-methyl/N-ethyl adjacent to an activating group) is 1. The molecule has 3 amide bonds. The summed E-state index contributed by atoms with van der Waals surface area (Å²) >= 11 is 0. The van der Waals surface area contributed by atoms with Crippen LogP contribution in [0.5, 0.6) is 0 Å². The predicted octanol–water partition coefficient (Wildman–Crippen LogP) is 4.24. The molecule has 0 fully saturated rings. The Kier molecular flexibility index (Phi) is 10.1. The van der Waals surface area contributed by atoms with E-state index in [1.54, 1.807) is 27.8 Å². The number of hydrogen-bond donors (Lipinski definition) is 2. The van der Waals surface area contributed by atoms with E-state index in [0.29, 0.717) is 12.1 Å².